The van der Waals surface area contributed by atoms with E-state index in [9.17, 15) is 4.79 Å². The van der Waals surface area contributed by atoms with Gasteiger partial charge in [0.1, 0.15) is 10.7 Å². The van der Waals surface area contributed by atoms with Gasteiger partial charge in [0.05, 0.1) is 10.6 Å². The van der Waals surface area contributed by atoms with Crippen LogP contribution in [0.2, 0.25) is 0 Å². The molecule has 31 heavy (non-hydrogen) atoms. The van der Waals surface area contributed by atoms with Crippen molar-refractivity contribution in [1.29, 1.82) is 0 Å². The van der Waals surface area contributed by atoms with Gasteiger partial charge in [0.2, 0.25) is 0 Å². The van der Waals surface area contributed by atoms with Gasteiger partial charge in [0.15, 0.2) is 0 Å². The Bertz CT molecular complexity index is 1160. The Morgan fingerprint density at radius 1 is 1.10 bits per heavy atom. The highest BCUT2D eigenvalue weighted by Crippen LogP contribution is 2.40. The van der Waals surface area contributed by atoms with E-state index in [0.717, 1.165) is 69.6 Å². The molecular formula is C24H29N5OS. The van der Waals surface area contributed by atoms with Gasteiger partial charge in [-0.25, -0.2) is 9.97 Å². The van der Waals surface area contributed by atoms with Gasteiger partial charge < -0.3 is 15.1 Å². The molecule has 0 spiro atoms. The van der Waals surface area contributed by atoms with E-state index < -0.39 is 0 Å². The lowest BCUT2D eigenvalue weighted by Gasteiger charge is -2.34. The molecular weight excluding hydrogens is 406 g/mol. The summed E-state index contributed by atoms with van der Waals surface area (Å²) < 4.78 is 0. The van der Waals surface area contributed by atoms with Gasteiger partial charge in [-0.1, -0.05) is 0 Å². The molecule has 3 aromatic rings. The second-order valence-corrected chi connectivity index (χ2v) is 9.92. The summed E-state index contributed by atoms with van der Waals surface area (Å²) in [4.78, 5) is 29.1. The van der Waals surface area contributed by atoms with E-state index in [1.54, 1.807) is 0 Å². The monoisotopic (exact) mass is 435 g/mol. The number of piperazine rings is 1. The molecule has 0 unspecified atom stereocenters. The number of rotatable bonds is 4. The van der Waals surface area contributed by atoms with Crippen LogP contribution in [-0.2, 0) is 0 Å². The highest BCUT2D eigenvalue weighted by molar-refractivity contribution is 7.20. The molecule has 1 amide bonds. The number of benzene rings is 1. The first-order valence-electron chi connectivity index (χ1n) is 11.0. The molecule has 1 aromatic carbocycles. The Labute approximate surface area is 187 Å². The number of aromatic nitrogens is 2. The summed E-state index contributed by atoms with van der Waals surface area (Å²) in [5.74, 6) is 1.38. The van der Waals surface area contributed by atoms with Gasteiger partial charge in [-0.05, 0) is 70.0 Å². The smallest absolute Gasteiger partial charge is 0.266 e. The fourth-order valence-electron chi connectivity index (χ4n) is 4.33. The predicted molar refractivity (Wildman–Crippen MR) is 128 cm³/mol. The lowest BCUT2D eigenvalue weighted by atomic mass is 10.1. The van der Waals surface area contributed by atoms with E-state index in [1.807, 2.05) is 19.9 Å². The molecule has 0 radical (unpaired) electrons. The first-order chi connectivity index (χ1) is 14.9. The number of carbonyl (C=O) groups is 1. The minimum Gasteiger partial charge on any atom is -0.369 e. The molecule has 162 valence electrons. The van der Waals surface area contributed by atoms with Gasteiger partial charge in [-0.2, -0.15) is 0 Å². The Morgan fingerprint density at radius 2 is 1.84 bits per heavy atom. The zero-order valence-electron chi connectivity index (χ0n) is 18.7. The van der Waals surface area contributed by atoms with Crippen LogP contribution in [0, 0.1) is 20.8 Å². The lowest BCUT2D eigenvalue weighted by Crippen LogP contribution is -2.44. The number of anilines is 2. The number of likely N-dealkylation sites (N-methyl/N-ethyl adjacent to an activating group) is 1. The highest BCUT2D eigenvalue weighted by atomic mass is 32.1. The van der Waals surface area contributed by atoms with E-state index in [-0.39, 0.29) is 5.91 Å². The Kier molecular flexibility index (Phi) is 5.18. The summed E-state index contributed by atoms with van der Waals surface area (Å²) in [5.41, 5.74) is 5.12. The van der Waals surface area contributed by atoms with E-state index in [1.165, 1.54) is 29.9 Å². The molecule has 1 saturated carbocycles. The number of carbonyl (C=O) groups excluding carboxylic acids is 1. The van der Waals surface area contributed by atoms with Crippen LogP contribution in [0.3, 0.4) is 0 Å². The number of amides is 1. The van der Waals surface area contributed by atoms with E-state index in [0.29, 0.717) is 5.92 Å². The summed E-state index contributed by atoms with van der Waals surface area (Å²) in [6.45, 7) is 10.3. The molecule has 2 aliphatic rings. The molecule has 1 aliphatic heterocycles. The van der Waals surface area contributed by atoms with Crippen molar-refractivity contribution in [1.82, 2.24) is 14.9 Å². The largest absolute Gasteiger partial charge is 0.369 e. The van der Waals surface area contributed by atoms with Crippen molar-refractivity contribution in [2.24, 2.45) is 0 Å². The summed E-state index contributed by atoms with van der Waals surface area (Å²) in [6.07, 6.45) is 2.35. The van der Waals surface area contributed by atoms with Crippen LogP contribution in [0.5, 0.6) is 0 Å². The first kappa shape index (κ1) is 20.4. The summed E-state index contributed by atoms with van der Waals surface area (Å²) >= 11 is 1.48. The molecule has 5 rings (SSSR count). The zero-order chi connectivity index (χ0) is 21.7. The Morgan fingerprint density at radius 3 is 2.52 bits per heavy atom. The van der Waals surface area contributed by atoms with Crippen molar-refractivity contribution in [3.05, 3.63) is 45.7 Å². The van der Waals surface area contributed by atoms with Crippen LogP contribution in [0.1, 0.15) is 51.1 Å². The number of thiophene rings is 1. The van der Waals surface area contributed by atoms with Crippen LogP contribution >= 0.6 is 11.3 Å². The first-order valence-corrected chi connectivity index (χ1v) is 11.9. The van der Waals surface area contributed by atoms with Crippen molar-refractivity contribution in [2.45, 2.75) is 39.5 Å². The van der Waals surface area contributed by atoms with Gasteiger partial charge in [-0.3, -0.25) is 4.79 Å². The molecule has 6 nitrogen and oxygen atoms in total. The molecule has 3 heterocycles. The summed E-state index contributed by atoms with van der Waals surface area (Å²) in [5, 5.41) is 4.16. The molecule has 1 saturated heterocycles. The second-order valence-electron chi connectivity index (χ2n) is 8.92. The van der Waals surface area contributed by atoms with Gasteiger partial charge in [0.25, 0.3) is 5.91 Å². The van der Waals surface area contributed by atoms with E-state index >= 15 is 0 Å². The molecule has 0 atom stereocenters. The van der Waals surface area contributed by atoms with Crippen molar-refractivity contribution in [3.8, 4) is 0 Å². The van der Waals surface area contributed by atoms with Crippen LogP contribution in [0.15, 0.2) is 18.2 Å². The molecule has 1 aliphatic carbocycles. The number of fused-ring (bicyclic) bond motifs is 1. The zero-order valence-corrected chi connectivity index (χ0v) is 19.5. The Hall–Kier alpha value is -2.51. The SMILES string of the molecule is Cc1cc(N2CCN(C)CC2)ccc1NC(=O)c1sc2nc(C3CC3)nc(C)c2c1C. The molecule has 2 fully saturated rings. The molecule has 1 N–H and O–H groups in total. The number of nitrogens with one attached hydrogen (secondary N) is 1. The molecule has 2 aromatic heterocycles. The van der Waals surface area contributed by atoms with Crippen molar-refractivity contribution in [3.63, 3.8) is 0 Å². The van der Waals surface area contributed by atoms with Crippen molar-refractivity contribution >= 4 is 38.8 Å². The van der Waals surface area contributed by atoms with Gasteiger partial charge in [0, 0.05) is 48.9 Å². The summed E-state index contributed by atoms with van der Waals surface area (Å²) in [7, 11) is 2.16. The highest BCUT2D eigenvalue weighted by Gasteiger charge is 2.28. The fourth-order valence-corrected chi connectivity index (χ4v) is 5.46. The number of nitrogens with zero attached hydrogens (tertiary/aromatic N) is 4. The maximum absolute atomic E-state index is 13.2. The summed E-state index contributed by atoms with van der Waals surface area (Å²) in [6, 6.07) is 6.32. The quantitative estimate of drug-likeness (QED) is 0.654. The van der Waals surface area contributed by atoms with Crippen molar-refractivity contribution in [2.75, 3.05) is 43.4 Å². The third kappa shape index (κ3) is 3.92. The average molecular weight is 436 g/mol. The lowest BCUT2D eigenvalue weighted by molar-refractivity contribution is 0.103. The van der Waals surface area contributed by atoms with Gasteiger partial charge in [-0.15, -0.1) is 11.3 Å². The van der Waals surface area contributed by atoms with Crippen molar-refractivity contribution < 1.29 is 4.79 Å². The maximum atomic E-state index is 13.2. The molecule has 7 heteroatoms. The van der Waals surface area contributed by atoms with Gasteiger partial charge >= 0.3 is 0 Å². The maximum Gasteiger partial charge on any atom is 0.266 e. The van der Waals surface area contributed by atoms with E-state index in [4.69, 9.17) is 9.97 Å². The second kappa shape index (κ2) is 7.88. The number of aryl methyl sites for hydroxylation is 3. The van der Waals surface area contributed by atoms with Crippen LogP contribution in [0.25, 0.3) is 10.2 Å². The number of hydrogen-bond donors (Lipinski definition) is 1. The normalized spacial score (nSPS) is 17.4. The predicted octanol–water partition coefficient (Wildman–Crippen LogP) is 4.50. The topological polar surface area (TPSA) is 61.4 Å². The average Bonchev–Trinajstić information content (AvgIpc) is 3.53. The Balaban J connectivity index is 1.38. The van der Waals surface area contributed by atoms with Crippen LogP contribution < -0.4 is 10.2 Å². The third-order valence-corrected chi connectivity index (χ3v) is 7.65. The van der Waals surface area contributed by atoms with Crippen LogP contribution in [-0.4, -0.2) is 54.0 Å². The third-order valence-electron chi connectivity index (χ3n) is 6.46. The number of hydrogen-bond acceptors (Lipinski definition) is 6. The standard InChI is InChI=1S/C24H29N5OS/c1-14-13-18(29-11-9-28(4)10-12-29)7-8-19(14)26-23(30)21-15(2)20-16(3)25-22(17-5-6-17)27-24(20)31-21/h7-8,13,17H,5-6,9-12H2,1-4H3,(H,26,30). The van der Waals surface area contributed by atoms with Crippen LogP contribution in [0.4, 0.5) is 11.4 Å². The molecule has 0 bridgehead atoms. The fraction of sp³-hybridized carbons (Fsp3) is 0.458. The minimum atomic E-state index is -0.0664. The minimum absolute atomic E-state index is 0.0664. The van der Waals surface area contributed by atoms with E-state index in [2.05, 4.69) is 41.2 Å².